The van der Waals surface area contributed by atoms with E-state index in [1.54, 1.807) is 24.2 Å². The van der Waals surface area contributed by atoms with Gasteiger partial charge in [0.2, 0.25) is 0 Å². The van der Waals surface area contributed by atoms with E-state index < -0.39 is 5.97 Å². The van der Waals surface area contributed by atoms with Gasteiger partial charge in [0.15, 0.2) is 11.4 Å². The predicted octanol–water partition coefficient (Wildman–Crippen LogP) is 2.26. The molecule has 0 fully saturated rings. The largest absolute Gasteiger partial charge is 0.484 e. The molecule has 0 saturated heterocycles. The second-order valence-electron chi connectivity index (χ2n) is 5.46. The molecule has 2 heterocycles. The first-order valence-electron chi connectivity index (χ1n) is 7.96. The Morgan fingerprint density at radius 1 is 1.23 bits per heavy atom. The fourth-order valence-corrected chi connectivity index (χ4v) is 2.39. The SMILES string of the molecule is COCCn1cc(-c2ncnc(C(=O)O)c2OCc2ccccc2)cn1. The third-order valence-corrected chi connectivity index (χ3v) is 3.66. The van der Waals surface area contributed by atoms with Gasteiger partial charge in [-0.15, -0.1) is 0 Å². The summed E-state index contributed by atoms with van der Waals surface area (Å²) in [6.45, 7) is 1.30. The van der Waals surface area contributed by atoms with E-state index >= 15 is 0 Å². The molecule has 3 rings (SSSR count). The van der Waals surface area contributed by atoms with Gasteiger partial charge in [0.05, 0.1) is 19.3 Å². The molecule has 0 saturated carbocycles. The van der Waals surface area contributed by atoms with Crippen molar-refractivity contribution in [3.63, 3.8) is 0 Å². The quantitative estimate of drug-likeness (QED) is 0.662. The van der Waals surface area contributed by atoms with Crippen molar-refractivity contribution < 1.29 is 19.4 Å². The number of hydrogen-bond acceptors (Lipinski definition) is 6. The topological polar surface area (TPSA) is 99.4 Å². The molecule has 2 aromatic heterocycles. The van der Waals surface area contributed by atoms with Gasteiger partial charge in [-0.3, -0.25) is 4.68 Å². The van der Waals surface area contributed by atoms with Gasteiger partial charge in [-0.2, -0.15) is 5.10 Å². The highest BCUT2D eigenvalue weighted by Crippen LogP contribution is 2.30. The van der Waals surface area contributed by atoms with E-state index in [0.717, 1.165) is 5.56 Å². The molecule has 0 radical (unpaired) electrons. The summed E-state index contributed by atoms with van der Waals surface area (Å²) in [6.07, 6.45) is 4.59. The maximum atomic E-state index is 11.6. The molecule has 8 nitrogen and oxygen atoms in total. The third kappa shape index (κ3) is 4.04. The van der Waals surface area contributed by atoms with Crippen LogP contribution >= 0.6 is 0 Å². The minimum Gasteiger partial charge on any atom is -0.484 e. The Hall–Kier alpha value is -3.26. The molecule has 1 N–H and O–H groups in total. The zero-order valence-corrected chi connectivity index (χ0v) is 14.2. The number of hydrogen-bond donors (Lipinski definition) is 1. The molecule has 0 amide bonds. The predicted molar refractivity (Wildman–Crippen MR) is 92.9 cm³/mol. The monoisotopic (exact) mass is 354 g/mol. The fraction of sp³-hybridized carbons (Fsp3) is 0.222. The Morgan fingerprint density at radius 3 is 2.77 bits per heavy atom. The van der Waals surface area contributed by atoms with Gasteiger partial charge >= 0.3 is 5.97 Å². The number of rotatable bonds is 8. The molecule has 134 valence electrons. The van der Waals surface area contributed by atoms with Gasteiger partial charge < -0.3 is 14.6 Å². The molecule has 1 aromatic carbocycles. The molecule has 0 atom stereocenters. The number of aromatic nitrogens is 4. The number of carboxylic acid groups (broad SMARTS) is 1. The average molecular weight is 354 g/mol. The summed E-state index contributed by atoms with van der Waals surface area (Å²) >= 11 is 0. The second-order valence-corrected chi connectivity index (χ2v) is 5.46. The fourth-order valence-electron chi connectivity index (χ4n) is 2.39. The van der Waals surface area contributed by atoms with Crippen LogP contribution in [-0.2, 0) is 17.9 Å². The first kappa shape index (κ1) is 17.6. The van der Waals surface area contributed by atoms with Crippen molar-refractivity contribution in [1.82, 2.24) is 19.7 Å². The maximum absolute atomic E-state index is 11.6. The zero-order valence-electron chi connectivity index (χ0n) is 14.2. The smallest absolute Gasteiger partial charge is 0.358 e. The second kappa shape index (κ2) is 8.21. The molecule has 3 aromatic rings. The van der Waals surface area contributed by atoms with Crippen LogP contribution in [0.25, 0.3) is 11.3 Å². The average Bonchev–Trinajstić information content (AvgIpc) is 3.14. The summed E-state index contributed by atoms with van der Waals surface area (Å²) in [5, 5.41) is 13.7. The lowest BCUT2D eigenvalue weighted by molar-refractivity contribution is 0.0684. The molecule has 0 aliphatic rings. The van der Waals surface area contributed by atoms with E-state index in [2.05, 4.69) is 15.1 Å². The van der Waals surface area contributed by atoms with Crippen LogP contribution in [0.2, 0.25) is 0 Å². The highest BCUT2D eigenvalue weighted by atomic mass is 16.5. The van der Waals surface area contributed by atoms with Crippen molar-refractivity contribution >= 4 is 5.97 Å². The first-order chi connectivity index (χ1) is 12.7. The number of nitrogens with zero attached hydrogens (tertiary/aromatic N) is 4. The zero-order chi connectivity index (χ0) is 18.4. The summed E-state index contributed by atoms with van der Waals surface area (Å²) in [5.74, 6) is -1.06. The van der Waals surface area contributed by atoms with Crippen LogP contribution < -0.4 is 4.74 Å². The van der Waals surface area contributed by atoms with Gasteiger partial charge in [0.1, 0.15) is 18.6 Å². The summed E-state index contributed by atoms with van der Waals surface area (Å²) < 4.78 is 12.5. The number of aromatic carboxylic acids is 1. The highest BCUT2D eigenvalue weighted by Gasteiger charge is 2.21. The maximum Gasteiger partial charge on any atom is 0.358 e. The summed E-state index contributed by atoms with van der Waals surface area (Å²) in [5.41, 5.74) is 1.76. The molecule has 0 unspecified atom stereocenters. The lowest BCUT2D eigenvalue weighted by atomic mass is 10.2. The molecular weight excluding hydrogens is 336 g/mol. The van der Waals surface area contributed by atoms with Crippen molar-refractivity contribution in [3.8, 4) is 17.0 Å². The van der Waals surface area contributed by atoms with Crippen LogP contribution in [0, 0.1) is 0 Å². The van der Waals surface area contributed by atoms with Crippen molar-refractivity contribution in [2.75, 3.05) is 13.7 Å². The van der Waals surface area contributed by atoms with Crippen molar-refractivity contribution in [3.05, 3.63) is 60.3 Å². The minimum atomic E-state index is -1.18. The third-order valence-electron chi connectivity index (χ3n) is 3.66. The van der Waals surface area contributed by atoms with Crippen LogP contribution in [0.4, 0.5) is 0 Å². The standard InChI is InChI=1S/C18H18N4O4/c1-25-8-7-22-10-14(9-21-22)15-17(16(18(23)24)20-12-19-15)26-11-13-5-3-2-4-6-13/h2-6,9-10,12H,7-8,11H2,1H3,(H,23,24). The molecule has 0 aliphatic carbocycles. The Labute approximate surface area is 150 Å². The van der Waals surface area contributed by atoms with Gasteiger partial charge in [-0.05, 0) is 5.56 Å². The van der Waals surface area contributed by atoms with Gasteiger partial charge in [-0.25, -0.2) is 14.8 Å². The van der Waals surface area contributed by atoms with Gasteiger partial charge in [0, 0.05) is 18.9 Å². The summed E-state index contributed by atoms with van der Waals surface area (Å²) in [6, 6.07) is 9.47. The number of carbonyl (C=O) groups is 1. The van der Waals surface area contributed by atoms with Crippen LogP contribution in [-0.4, -0.2) is 44.5 Å². The van der Waals surface area contributed by atoms with E-state index in [0.29, 0.717) is 24.4 Å². The number of methoxy groups -OCH3 is 1. The number of ether oxygens (including phenoxy) is 2. The number of carboxylic acids is 1. The van der Waals surface area contributed by atoms with E-state index in [1.165, 1.54) is 6.33 Å². The van der Waals surface area contributed by atoms with Crippen molar-refractivity contribution in [2.45, 2.75) is 13.2 Å². The summed E-state index contributed by atoms with van der Waals surface area (Å²) in [7, 11) is 1.61. The van der Waals surface area contributed by atoms with Crippen LogP contribution in [0.15, 0.2) is 49.1 Å². The van der Waals surface area contributed by atoms with Crippen LogP contribution in [0.3, 0.4) is 0 Å². The molecule has 0 spiro atoms. The minimum absolute atomic E-state index is 0.121. The molecule has 0 aliphatic heterocycles. The molecule has 0 bridgehead atoms. The Balaban J connectivity index is 1.92. The summed E-state index contributed by atoms with van der Waals surface area (Å²) in [4.78, 5) is 19.6. The van der Waals surface area contributed by atoms with E-state index in [4.69, 9.17) is 9.47 Å². The van der Waals surface area contributed by atoms with E-state index in [1.807, 2.05) is 30.3 Å². The first-order valence-corrected chi connectivity index (χ1v) is 7.96. The van der Waals surface area contributed by atoms with E-state index in [9.17, 15) is 9.90 Å². The highest BCUT2D eigenvalue weighted by molar-refractivity contribution is 5.91. The molecule has 26 heavy (non-hydrogen) atoms. The molecular formula is C18H18N4O4. The van der Waals surface area contributed by atoms with Crippen molar-refractivity contribution in [1.29, 1.82) is 0 Å². The van der Waals surface area contributed by atoms with Crippen LogP contribution in [0.5, 0.6) is 5.75 Å². The number of benzene rings is 1. The van der Waals surface area contributed by atoms with Gasteiger partial charge in [-0.1, -0.05) is 30.3 Å². The lowest BCUT2D eigenvalue weighted by Crippen LogP contribution is -2.08. The molecule has 8 heteroatoms. The van der Waals surface area contributed by atoms with Crippen LogP contribution in [0.1, 0.15) is 16.1 Å². The Kier molecular flexibility index (Phi) is 5.55. The Bertz CT molecular complexity index is 880. The van der Waals surface area contributed by atoms with Gasteiger partial charge in [0.25, 0.3) is 0 Å². The van der Waals surface area contributed by atoms with Crippen molar-refractivity contribution in [2.24, 2.45) is 0 Å². The Morgan fingerprint density at radius 2 is 2.04 bits per heavy atom. The lowest BCUT2D eigenvalue weighted by Gasteiger charge is -2.11. The van der Waals surface area contributed by atoms with E-state index in [-0.39, 0.29) is 18.1 Å². The normalized spacial score (nSPS) is 10.7.